The van der Waals surface area contributed by atoms with Gasteiger partial charge in [-0.25, -0.2) is 9.97 Å². The van der Waals surface area contributed by atoms with E-state index in [1.807, 2.05) is 25.1 Å². The molecule has 0 aliphatic carbocycles. The zero-order valence-corrected chi connectivity index (χ0v) is 14.5. The lowest BCUT2D eigenvalue weighted by Crippen LogP contribution is -2.28. The molecule has 9 heteroatoms. The van der Waals surface area contributed by atoms with Crippen LogP contribution in [0.1, 0.15) is 18.5 Å². The average molecular weight is 361 g/mol. The van der Waals surface area contributed by atoms with Gasteiger partial charge in [-0.05, 0) is 24.6 Å². The molecule has 2 heterocycles. The Balaban J connectivity index is 1.57. The Morgan fingerprint density at radius 2 is 1.88 bits per heavy atom. The van der Waals surface area contributed by atoms with Crippen LogP contribution in [0.15, 0.2) is 29.4 Å². The van der Waals surface area contributed by atoms with Crippen molar-refractivity contribution in [2.45, 2.75) is 18.1 Å². The number of nitrogens with one attached hydrogen (secondary N) is 1. The number of carbonyl (C=O) groups excluding carboxylic acids is 1. The molecule has 1 amide bonds. The van der Waals surface area contributed by atoms with E-state index in [0.29, 0.717) is 24.1 Å². The quantitative estimate of drug-likeness (QED) is 0.539. The summed E-state index contributed by atoms with van der Waals surface area (Å²) in [5.41, 5.74) is 12.2. The number of fused-ring (bicyclic) bond motifs is 1. The molecule has 0 saturated heterocycles. The Morgan fingerprint density at radius 1 is 1.20 bits per heavy atom. The van der Waals surface area contributed by atoms with E-state index < -0.39 is 0 Å². The number of carbonyl (C=O) groups is 1. The number of amides is 1. The molecule has 132 valence electrons. The molecule has 0 fully saturated rings. The van der Waals surface area contributed by atoms with E-state index in [0.717, 1.165) is 11.3 Å². The second kappa shape index (κ2) is 7.47. The van der Waals surface area contributed by atoms with Crippen molar-refractivity contribution in [2.75, 3.05) is 30.4 Å². The largest absolute Gasteiger partial charge is 0.486 e. The van der Waals surface area contributed by atoms with E-state index in [4.69, 9.17) is 20.9 Å². The van der Waals surface area contributed by atoms with Crippen molar-refractivity contribution in [1.82, 2.24) is 15.3 Å². The Kier molecular flexibility index (Phi) is 5.13. The Hall–Kier alpha value is -2.68. The number of nitrogens with two attached hydrogens (primary N) is 2. The first kappa shape index (κ1) is 17.2. The van der Waals surface area contributed by atoms with Crippen LogP contribution in [0.4, 0.5) is 11.6 Å². The topological polar surface area (TPSA) is 125 Å². The van der Waals surface area contributed by atoms with Crippen molar-refractivity contribution in [3.05, 3.63) is 29.8 Å². The Bertz CT molecular complexity index is 766. The highest BCUT2D eigenvalue weighted by atomic mass is 32.2. The number of aromatic nitrogens is 2. The number of nitrogens with zero attached hydrogens (tertiary/aromatic N) is 2. The van der Waals surface area contributed by atoms with Crippen LogP contribution in [0.2, 0.25) is 0 Å². The van der Waals surface area contributed by atoms with Crippen molar-refractivity contribution in [2.24, 2.45) is 0 Å². The zero-order valence-electron chi connectivity index (χ0n) is 13.7. The van der Waals surface area contributed by atoms with Gasteiger partial charge in [0.1, 0.15) is 24.8 Å². The second-order valence-electron chi connectivity index (χ2n) is 5.48. The van der Waals surface area contributed by atoms with Crippen LogP contribution in [0, 0.1) is 0 Å². The molecule has 8 nitrogen and oxygen atoms in total. The van der Waals surface area contributed by atoms with Gasteiger partial charge < -0.3 is 26.3 Å². The lowest BCUT2D eigenvalue weighted by atomic mass is 10.1. The maximum atomic E-state index is 12.2. The third-order valence-corrected chi connectivity index (χ3v) is 4.37. The lowest BCUT2D eigenvalue weighted by molar-refractivity contribution is -0.119. The molecule has 1 aromatic heterocycles. The van der Waals surface area contributed by atoms with Crippen molar-refractivity contribution < 1.29 is 14.3 Å². The van der Waals surface area contributed by atoms with Crippen LogP contribution in [0.3, 0.4) is 0 Å². The number of hydrogen-bond donors (Lipinski definition) is 3. The predicted molar refractivity (Wildman–Crippen MR) is 95.6 cm³/mol. The molecule has 5 N–H and O–H groups in total. The third kappa shape index (κ3) is 4.44. The minimum Gasteiger partial charge on any atom is -0.486 e. The van der Waals surface area contributed by atoms with Gasteiger partial charge in [0.25, 0.3) is 0 Å². The molecule has 25 heavy (non-hydrogen) atoms. The van der Waals surface area contributed by atoms with Gasteiger partial charge in [0.15, 0.2) is 16.7 Å². The SMILES string of the molecule is C[C@@H](NC(=O)CSc1nc(N)cc(N)n1)c1ccc2c(c1)OCCO2. The fourth-order valence-corrected chi connectivity index (χ4v) is 3.04. The minimum atomic E-state index is -0.171. The molecule has 3 rings (SSSR count). The van der Waals surface area contributed by atoms with Crippen molar-refractivity contribution in [3.63, 3.8) is 0 Å². The molecule has 1 aliphatic heterocycles. The monoisotopic (exact) mass is 361 g/mol. The zero-order chi connectivity index (χ0) is 17.8. The van der Waals surface area contributed by atoms with Crippen LogP contribution in [0.25, 0.3) is 0 Å². The molecule has 1 aromatic carbocycles. The Labute approximate surface area is 149 Å². The van der Waals surface area contributed by atoms with Crippen LogP contribution in [-0.2, 0) is 4.79 Å². The molecule has 1 aliphatic rings. The predicted octanol–water partition coefficient (Wildman–Crippen LogP) is 1.38. The number of rotatable bonds is 5. The van der Waals surface area contributed by atoms with Gasteiger partial charge in [-0.2, -0.15) is 0 Å². The highest BCUT2D eigenvalue weighted by molar-refractivity contribution is 7.99. The van der Waals surface area contributed by atoms with Crippen LogP contribution < -0.4 is 26.3 Å². The minimum absolute atomic E-state index is 0.142. The van der Waals surface area contributed by atoms with Gasteiger partial charge in [0.05, 0.1) is 11.8 Å². The van der Waals surface area contributed by atoms with E-state index in [1.165, 1.54) is 17.8 Å². The highest BCUT2D eigenvalue weighted by Crippen LogP contribution is 2.32. The maximum absolute atomic E-state index is 12.2. The summed E-state index contributed by atoms with van der Waals surface area (Å²) in [5, 5.41) is 3.30. The molecule has 0 unspecified atom stereocenters. The lowest BCUT2D eigenvalue weighted by Gasteiger charge is -2.21. The fourth-order valence-electron chi connectivity index (χ4n) is 2.35. The number of nitrogen functional groups attached to an aromatic ring is 2. The number of ether oxygens (including phenoxy) is 2. The van der Waals surface area contributed by atoms with Crippen molar-refractivity contribution in [3.8, 4) is 11.5 Å². The van der Waals surface area contributed by atoms with Crippen LogP contribution in [0.5, 0.6) is 11.5 Å². The van der Waals surface area contributed by atoms with E-state index in [1.54, 1.807) is 0 Å². The normalized spacial score (nSPS) is 14.0. The molecule has 0 bridgehead atoms. The summed E-state index contributed by atoms with van der Waals surface area (Å²) in [6.07, 6.45) is 0. The number of thioether (sulfide) groups is 1. The number of benzene rings is 1. The standard InChI is InChI=1S/C16H19N5O3S/c1-9(10-2-3-11-12(6-10)24-5-4-23-11)19-15(22)8-25-16-20-13(17)7-14(18)21-16/h2-3,6-7,9H,4-5,8H2,1H3,(H,19,22)(H4,17,18,20,21)/t9-/m1/s1. The summed E-state index contributed by atoms with van der Waals surface area (Å²) in [5.74, 6) is 2.00. The molecule has 0 saturated carbocycles. The average Bonchev–Trinajstić information content (AvgIpc) is 2.58. The van der Waals surface area contributed by atoms with Gasteiger partial charge in [-0.1, -0.05) is 17.8 Å². The summed E-state index contributed by atoms with van der Waals surface area (Å²) in [6.45, 7) is 2.98. The number of hydrogen-bond acceptors (Lipinski definition) is 8. The molecule has 1 atom stereocenters. The molecular formula is C16H19N5O3S. The first-order chi connectivity index (χ1) is 12.0. The fraction of sp³-hybridized carbons (Fsp3) is 0.312. The van der Waals surface area contributed by atoms with E-state index in [2.05, 4.69) is 15.3 Å². The van der Waals surface area contributed by atoms with E-state index >= 15 is 0 Å². The maximum Gasteiger partial charge on any atom is 0.230 e. The summed E-state index contributed by atoms with van der Waals surface area (Å²) >= 11 is 1.18. The molecular weight excluding hydrogens is 342 g/mol. The van der Waals surface area contributed by atoms with E-state index in [9.17, 15) is 4.79 Å². The first-order valence-electron chi connectivity index (χ1n) is 7.73. The van der Waals surface area contributed by atoms with Gasteiger partial charge in [0, 0.05) is 6.07 Å². The van der Waals surface area contributed by atoms with Gasteiger partial charge in [-0.15, -0.1) is 0 Å². The van der Waals surface area contributed by atoms with Gasteiger partial charge >= 0.3 is 0 Å². The summed E-state index contributed by atoms with van der Waals surface area (Å²) in [4.78, 5) is 20.2. The second-order valence-corrected chi connectivity index (χ2v) is 6.42. The van der Waals surface area contributed by atoms with Gasteiger partial charge in [-0.3, -0.25) is 4.79 Å². The smallest absolute Gasteiger partial charge is 0.230 e. The summed E-state index contributed by atoms with van der Waals surface area (Å²) in [6, 6.07) is 6.94. The van der Waals surface area contributed by atoms with Crippen molar-refractivity contribution in [1.29, 1.82) is 0 Å². The third-order valence-electron chi connectivity index (χ3n) is 3.52. The van der Waals surface area contributed by atoms with Crippen molar-refractivity contribution >= 4 is 29.3 Å². The molecule has 2 aromatic rings. The summed E-state index contributed by atoms with van der Waals surface area (Å²) < 4.78 is 11.1. The van der Waals surface area contributed by atoms with Crippen LogP contribution >= 0.6 is 11.8 Å². The van der Waals surface area contributed by atoms with E-state index in [-0.39, 0.29) is 29.3 Å². The van der Waals surface area contributed by atoms with Gasteiger partial charge in [0.2, 0.25) is 5.91 Å². The van der Waals surface area contributed by atoms with Crippen LogP contribution in [-0.4, -0.2) is 34.8 Å². The molecule has 0 radical (unpaired) electrons. The first-order valence-corrected chi connectivity index (χ1v) is 8.71. The highest BCUT2D eigenvalue weighted by Gasteiger charge is 2.16. The molecule has 0 spiro atoms. The Morgan fingerprint density at radius 3 is 2.60 bits per heavy atom. The number of anilines is 2. The summed E-state index contributed by atoms with van der Waals surface area (Å²) in [7, 11) is 0.